The van der Waals surface area contributed by atoms with E-state index in [4.69, 9.17) is 0 Å². The Bertz CT molecular complexity index is 6.00. The smallest absolute Gasteiger partial charge is 0 e. The molecule has 4 heteroatoms. The van der Waals surface area contributed by atoms with Crippen LogP contribution in [-0.4, -0.2) is 0 Å². The summed E-state index contributed by atoms with van der Waals surface area (Å²) in [5.41, 5.74) is 0. The number of hydrogen-bond acceptors (Lipinski definition) is 0. The van der Waals surface area contributed by atoms with Crippen molar-refractivity contribution in [1.29, 1.82) is 0 Å². The first-order valence-electron chi connectivity index (χ1n) is 0. The molecule has 0 nitrogen and oxygen atoms in total. The summed E-state index contributed by atoms with van der Waals surface area (Å²) in [6.45, 7) is 0. The predicted molar refractivity (Wildman–Crippen MR) is 22.2 cm³/mol. The number of hydrogen-bond donors (Lipinski definition) is 0. The van der Waals surface area contributed by atoms with Crippen LogP contribution in [0.1, 0.15) is 0 Å². The average molecular weight is 348 g/mol. The molecule has 0 saturated carbocycles. The third kappa shape index (κ3) is 8.87. The molecule has 0 bridgehead atoms. The van der Waals surface area contributed by atoms with Crippen molar-refractivity contribution in [1.82, 2.24) is 0 Å². The second kappa shape index (κ2) is 18.8. The SMILES string of the molecule is P.P.[Mo].[W]. The quantitative estimate of drug-likeness (QED) is 0.431. The first kappa shape index (κ1) is 34.2. The Morgan fingerprint density at radius 3 is 0.750 bits per heavy atom. The topological polar surface area (TPSA) is 0 Å². The van der Waals surface area contributed by atoms with Crippen LogP contribution in [0.2, 0.25) is 0 Å². The largest absolute Gasteiger partial charge is 0.153 e. The van der Waals surface area contributed by atoms with Gasteiger partial charge >= 0.3 is 0 Å². The van der Waals surface area contributed by atoms with Gasteiger partial charge in [0, 0.05) is 42.1 Å². The summed E-state index contributed by atoms with van der Waals surface area (Å²) in [5.74, 6) is 0. The Labute approximate surface area is 61.6 Å². The molecule has 0 rings (SSSR count). The molecule has 0 amide bonds. The van der Waals surface area contributed by atoms with Crippen LogP contribution in [0.5, 0.6) is 0 Å². The molecule has 0 aliphatic heterocycles. The second-order valence-electron chi connectivity index (χ2n) is 0. The van der Waals surface area contributed by atoms with Crippen molar-refractivity contribution in [2.75, 3.05) is 0 Å². The second-order valence-corrected chi connectivity index (χ2v) is 0. The fourth-order valence-corrected chi connectivity index (χ4v) is 0. The summed E-state index contributed by atoms with van der Waals surface area (Å²) in [6, 6.07) is 0. The summed E-state index contributed by atoms with van der Waals surface area (Å²) >= 11 is 0. The van der Waals surface area contributed by atoms with E-state index in [0.717, 1.165) is 0 Å². The van der Waals surface area contributed by atoms with Crippen LogP contribution in [0.3, 0.4) is 0 Å². The van der Waals surface area contributed by atoms with E-state index in [1.165, 1.54) is 0 Å². The maximum Gasteiger partial charge on any atom is 0 e. The summed E-state index contributed by atoms with van der Waals surface area (Å²) in [6.07, 6.45) is 0. The first-order chi connectivity index (χ1) is 0. The third-order valence-corrected chi connectivity index (χ3v) is 0. The maximum atomic E-state index is 0. The van der Waals surface area contributed by atoms with Crippen molar-refractivity contribution >= 4 is 19.8 Å². The maximum absolute atomic E-state index is 0. The Hall–Kier alpha value is 2.24. The molecule has 0 aromatic rings. The molecule has 0 aliphatic rings. The molecule has 2 atom stereocenters. The summed E-state index contributed by atoms with van der Waals surface area (Å²) in [7, 11) is 0. The van der Waals surface area contributed by atoms with Gasteiger partial charge in [0.25, 0.3) is 0 Å². The van der Waals surface area contributed by atoms with Crippen LogP contribution in [-0.2, 0) is 42.1 Å². The summed E-state index contributed by atoms with van der Waals surface area (Å²) in [5, 5.41) is 0. The van der Waals surface area contributed by atoms with Gasteiger partial charge in [-0.1, -0.05) is 0 Å². The molecular formula is H6MoP2W. The van der Waals surface area contributed by atoms with Crippen molar-refractivity contribution in [3.8, 4) is 0 Å². The molecule has 28 valence electrons. The van der Waals surface area contributed by atoms with Gasteiger partial charge in [-0.05, 0) is 0 Å². The van der Waals surface area contributed by atoms with Gasteiger partial charge in [0.05, 0.1) is 0 Å². The van der Waals surface area contributed by atoms with Crippen molar-refractivity contribution in [2.24, 2.45) is 0 Å². The van der Waals surface area contributed by atoms with Gasteiger partial charge in [-0.15, -0.1) is 0 Å². The molecule has 4 heavy (non-hydrogen) atoms. The molecule has 0 heterocycles. The van der Waals surface area contributed by atoms with Crippen LogP contribution in [0.25, 0.3) is 0 Å². The van der Waals surface area contributed by atoms with Gasteiger partial charge < -0.3 is 0 Å². The zero-order valence-electron chi connectivity index (χ0n) is 2.23. The fraction of sp³-hybridized carbons (Fsp3) is 0. The Balaban J connectivity index is 0. The zero-order chi connectivity index (χ0) is 0. The van der Waals surface area contributed by atoms with Crippen LogP contribution < -0.4 is 0 Å². The molecule has 0 spiro atoms. The van der Waals surface area contributed by atoms with Crippen molar-refractivity contribution in [3.05, 3.63) is 0 Å². The van der Waals surface area contributed by atoms with E-state index in [-0.39, 0.29) is 61.9 Å². The third-order valence-electron chi connectivity index (χ3n) is 0. The van der Waals surface area contributed by atoms with E-state index in [9.17, 15) is 0 Å². The van der Waals surface area contributed by atoms with E-state index < -0.39 is 0 Å². The zero-order valence-corrected chi connectivity index (χ0v) is 10.00. The van der Waals surface area contributed by atoms with Gasteiger partial charge in [-0.3, -0.25) is 0 Å². The van der Waals surface area contributed by atoms with Crippen LogP contribution in [0.15, 0.2) is 0 Å². The minimum atomic E-state index is 0. The standard InChI is InChI=1S/Mo.2H3P.W/h;2*1H3;. The molecule has 2 unspecified atom stereocenters. The van der Waals surface area contributed by atoms with E-state index in [0.29, 0.717) is 0 Å². The van der Waals surface area contributed by atoms with Gasteiger partial charge in [-0.25, -0.2) is 0 Å². The van der Waals surface area contributed by atoms with Crippen LogP contribution >= 0.6 is 19.8 Å². The predicted octanol–water partition coefficient (Wildman–Crippen LogP) is 0.111. The molecule has 0 aromatic carbocycles. The minimum Gasteiger partial charge on any atom is -0.153 e. The van der Waals surface area contributed by atoms with E-state index in [1.54, 1.807) is 0 Å². The first-order valence-corrected chi connectivity index (χ1v) is 0. The Kier molecular flexibility index (Phi) is 161. The normalized spacial score (nSPS) is 0. The van der Waals surface area contributed by atoms with Crippen LogP contribution in [0, 0.1) is 0 Å². The molecule has 0 aliphatic carbocycles. The molecule has 0 N–H and O–H groups in total. The monoisotopic (exact) mass is 350 g/mol. The molecular weight excluding hydrogens is 342 g/mol. The van der Waals surface area contributed by atoms with Crippen molar-refractivity contribution in [2.45, 2.75) is 0 Å². The van der Waals surface area contributed by atoms with Gasteiger partial charge in [0.1, 0.15) is 0 Å². The fourth-order valence-electron chi connectivity index (χ4n) is 0. The Morgan fingerprint density at radius 1 is 0.750 bits per heavy atom. The van der Waals surface area contributed by atoms with E-state index in [1.807, 2.05) is 0 Å². The molecule has 0 saturated heterocycles. The Morgan fingerprint density at radius 2 is 0.750 bits per heavy atom. The summed E-state index contributed by atoms with van der Waals surface area (Å²) in [4.78, 5) is 0. The average Bonchev–Trinajstić information content (AvgIpc) is 0. The number of rotatable bonds is 0. The minimum absolute atomic E-state index is 0. The summed E-state index contributed by atoms with van der Waals surface area (Å²) < 4.78 is 0. The van der Waals surface area contributed by atoms with Crippen molar-refractivity contribution < 1.29 is 42.1 Å². The van der Waals surface area contributed by atoms with E-state index >= 15 is 0 Å². The van der Waals surface area contributed by atoms with Gasteiger partial charge in [0.2, 0.25) is 0 Å². The van der Waals surface area contributed by atoms with Gasteiger partial charge in [0.15, 0.2) is 0 Å². The molecule has 0 aromatic heterocycles. The molecule has 0 fully saturated rings. The van der Waals surface area contributed by atoms with Gasteiger partial charge in [-0.2, -0.15) is 19.8 Å². The van der Waals surface area contributed by atoms with E-state index in [2.05, 4.69) is 0 Å². The van der Waals surface area contributed by atoms with Crippen LogP contribution in [0.4, 0.5) is 0 Å². The van der Waals surface area contributed by atoms with Crippen molar-refractivity contribution in [3.63, 3.8) is 0 Å². The molecule has 0 radical (unpaired) electrons.